The summed E-state index contributed by atoms with van der Waals surface area (Å²) in [5, 5.41) is 26.0. The van der Waals surface area contributed by atoms with Crippen LogP contribution in [0.25, 0.3) is 0 Å². The van der Waals surface area contributed by atoms with Crippen LogP contribution in [0.2, 0.25) is 0 Å². The second kappa shape index (κ2) is 5.79. The molecule has 5 heteroatoms. The lowest BCUT2D eigenvalue weighted by Gasteiger charge is -2.65. The summed E-state index contributed by atoms with van der Waals surface area (Å²) in [5.41, 5.74) is 1.63. The van der Waals surface area contributed by atoms with Crippen LogP contribution < -0.4 is 5.06 Å². The van der Waals surface area contributed by atoms with Gasteiger partial charge in [-0.25, -0.2) is 4.79 Å². The molecule has 6 aliphatic rings. The number of carbonyl (C=O) groups is 1. The van der Waals surface area contributed by atoms with Gasteiger partial charge in [-0.2, -0.15) is 0 Å². The number of quaternary nitrogens is 1. The number of nitrogens with one attached hydrogen (secondary N) is 1. The molecular weight excluding hydrogens is 378 g/mol. The molecular formula is C25H35NO4. The largest absolute Gasteiger partial charge is 0.634 e. The quantitative estimate of drug-likeness (QED) is 0.316. The van der Waals surface area contributed by atoms with Gasteiger partial charge < -0.3 is 20.1 Å². The number of hydrogen-bond acceptors (Lipinski definition) is 4. The summed E-state index contributed by atoms with van der Waals surface area (Å²) < 4.78 is 6.01. The molecule has 6 rings (SSSR count). The van der Waals surface area contributed by atoms with Crippen LogP contribution >= 0.6 is 0 Å². The van der Waals surface area contributed by atoms with Gasteiger partial charge in [0.25, 0.3) is 0 Å². The van der Waals surface area contributed by atoms with E-state index >= 15 is 0 Å². The van der Waals surface area contributed by atoms with Crippen molar-refractivity contribution in [2.45, 2.75) is 77.5 Å². The van der Waals surface area contributed by atoms with E-state index in [0.29, 0.717) is 23.1 Å². The number of hydroxylamine groups is 2. The molecule has 0 aromatic rings. The van der Waals surface area contributed by atoms with E-state index in [1.54, 1.807) is 13.0 Å². The van der Waals surface area contributed by atoms with Crippen LogP contribution in [0, 0.1) is 45.1 Å². The molecule has 0 radical (unpaired) electrons. The molecule has 0 aromatic carbocycles. The summed E-state index contributed by atoms with van der Waals surface area (Å²) in [6.45, 7) is 11.0. The fourth-order valence-electron chi connectivity index (χ4n) is 10.4. The molecule has 11 atom stereocenters. The number of hydrogen-bond donors (Lipinski definition) is 2. The normalized spacial score (nSPS) is 58.0. The van der Waals surface area contributed by atoms with Crippen LogP contribution in [0.15, 0.2) is 23.8 Å². The molecule has 1 unspecified atom stereocenters. The van der Waals surface area contributed by atoms with Gasteiger partial charge in [-0.1, -0.05) is 31.6 Å². The maximum absolute atomic E-state index is 13.7. The van der Waals surface area contributed by atoms with Gasteiger partial charge in [-0.05, 0) is 57.3 Å². The van der Waals surface area contributed by atoms with Crippen molar-refractivity contribution in [3.05, 3.63) is 29.0 Å². The van der Waals surface area contributed by atoms with E-state index in [1.807, 2.05) is 6.92 Å². The Kier molecular flexibility index (Phi) is 3.76. The van der Waals surface area contributed by atoms with E-state index in [2.05, 4.69) is 13.5 Å². The summed E-state index contributed by atoms with van der Waals surface area (Å²) in [5.74, 6) is 0.340. The van der Waals surface area contributed by atoms with Crippen LogP contribution in [-0.4, -0.2) is 35.9 Å². The van der Waals surface area contributed by atoms with Crippen molar-refractivity contribution in [2.24, 2.45) is 39.9 Å². The standard InChI is InChI=1S/C25H35NO4/c1-5-13(2)22(28)30-19-16-14(3)11-24-10-7-15-23(4)8-6-9-25(15,20(24)18(19)27)21(17(16)24)26(29)12-23/h5,15-21,26-27H,3,6-12H2,1-2,4H3/b13-5+/t15-,16+,17-,18-,19-,20-,21-,23+,24-,25+/m1/s1. The zero-order chi connectivity index (χ0) is 21.2. The predicted octanol–water partition coefficient (Wildman–Crippen LogP) is 2.40. The van der Waals surface area contributed by atoms with E-state index in [9.17, 15) is 15.1 Å². The fourth-order valence-corrected chi connectivity index (χ4v) is 10.4. The van der Waals surface area contributed by atoms with Crippen molar-refractivity contribution in [3.8, 4) is 0 Å². The second-order valence-corrected chi connectivity index (χ2v) is 11.8. The molecule has 30 heavy (non-hydrogen) atoms. The number of piperidine rings is 1. The van der Waals surface area contributed by atoms with E-state index in [0.717, 1.165) is 37.7 Å². The summed E-state index contributed by atoms with van der Waals surface area (Å²) in [4.78, 5) is 12.7. The highest BCUT2D eigenvalue weighted by atomic mass is 16.6. The SMILES string of the molecule is C=C1C[C@@]23CC[C@@H]4[C@@]5(C)CCC[C@@]46[C@@H]2[C@H](O)[C@H](OC(=O)/C(C)=C/C)[C@@H]1[C@@H]3[C@H]6[NH+]([O-])C5. The number of allylic oxidation sites excluding steroid dienone is 1. The third kappa shape index (κ3) is 1.91. The molecule has 164 valence electrons. The highest BCUT2D eigenvalue weighted by Crippen LogP contribution is 2.81. The Hall–Kier alpha value is -1.17. The molecule has 2 N–H and O–H groups in total. The lowest BCUT2D eigenvalue weighted by molar-refractivity contribution is -0.907. The molecule has 1 aliphatic heterocycles. The van der Waals surface area contributed by atoms with Crippen LogP contribution in [0.3, 0.4) is 0 Å². The smallest absolute Gasteiger partial charge is 0.333 e. The predicted molar refractivity (Wildman–Crippen MR) is 112 cm³/mol. The average Bonchev–Trinajstić information content (AvgIpc) is 2.94. The van der Waals surface area contributed by atoms with Gasteiger partial charge in [-0.3, -0.25) is 0 Å². The van der Waals surface area contributed by atoms with Crippen molar-refractivity contribution in [1.82, 2.24) is 0 Å². The van der Waals surface area contributed by atoms with Crippen LogP contribution in [0.5, 0.6) is 0 Å². The van der Waals surface area contributed by atoms with Gasteiger partial charge in [0.2, 0.25) is 0 Å². The minimum Gasteiger partial charge on any atom is -0.634 e. The average molecular weight is 414 g/mol. The molecule has 6 fully saturated rings. The highest BCUT2D eigenvalue weighted by molar-refractivity contribution is 5.87. The first-order chi connectivity index (χ1) is 14.2. The monoisotopic (exact) mass is 413 g/mol. The third-order valence-corrected chi connectivity index (χ3v) is 10.9. The van der Waals surface area contributed by atoms with E-state index < -0.39 is 12.2 Å². The Labute approximate surface area is 179 Å². The second-order valence-electron chi connectivity index (χ2n) is 11.8. The lowest BCUT2D eigenvalue weighted by atomic mass is 9.42. The zero-order valence-corrected chi connectivity index (χ0v) is 18.4. The van der Waals surface area contributed by atoms with Gasteiger partial charge in [0.1, 0.15) is 6.10 Å². The molecule has 5 saturated carbocycles. The minimum absolute atomic E-state index is 0.0148. The van der Waals surface area contributed by atoms with Gasteiger partial charge in [0.05, 0.1) is 18.7 Å². The summed E-state index contributed by atoms with van der Waals surface area (Å²) in [7, 11) is 0. The molecule has 1 heterocycles. The number of esters is 1. The van der Waals surface area contributed by atoms with Crippen molar-refractivity contribution < 1.29 is 19.7 Å². The van der Waals surface area contributed by atoms with Gasteiger partial charge in [-0.15, -0.1) is 0 Å². The summed E-state index contributed by atoms with van der Waals surface area (Å²) >= 11 is 0. The zero-order valence-electron chi connectivity index (χ0n) is 18.4. The van der Waals surface area contributed by atoms with Gasteiger partial charge in [0.15, 0.2) is 0 Å². The first-order valence-corrected chi connectivity index (χ1v) is 11.9. The lowest BCUT2D eigenvalue weighted by Crippen LogP contribution is -3.17. The third-order valence-electron chi connectivity index (χ3n) is 10.9. The number of carbonyl (C=O) groups excluding carboxylic acids is 1. The van der Waals surface area contributed by atoms with Crippen molar-refractivity contribution >= 4 is 5.97 Å². The van der Waals surface area contributed by atoms with Gasteiger partial charge >= 0.3 is 5.97 Å². The maximum Gasteiger partial charge on any atom is 0.333 e. The number of rotatable bonds is 2. The molecule has 0 amide bonds. The molecule has 0 aromatic heterocycles. The number of ether oxygens (including phenoxy) is 1. The minimum atomic E-state index is -0.694. The molecule has 2 spiro atoms. The molecule has 1 saturated heterocycles. The van der Waals surface area contributed by atoms with Crippen molar-refractivity contribution in [3.63, 3.8) is 0 Å². The molecule has 6 bridgehead atoms. The highest BCUT2D eigenvalue weighted by Gasteiger charge is 2.85. The van der Waals surface area contributed by atoms with E-state index in [-0.39, 0.29) is 46.0 Å². The Bertz CT molecular complexity index is 867. The Balaban J connectivity index is 1.52. The number of aliphatic hydroxyl groups excluding tert-OH is 1. The van der Waals surface area contributed by atoms with Crippen LogP contribution in [0.1, 0.15) is 59.3 Å². The topological polar surface area (TPSA) is 74.0 Å². The van der Waals surface area contributed by atoms with Crippen LogP contribution in [0.4, 0.5) is 0 Å². The first kappa shape index (κ1) is 19.5. The van der Waals surface area contributed by atoms with E-state index in [4.69, 9.17) is 4.74 Å². The number of aliphatic hydroxyl groups is 1. The first-order valence-electron chi connectivity index (χ1n) is 11.9. The Morgan fingerprint density at radius 1 is 1.37 bits per heavy atom. The van der Waals surface area contributed by atoms with Crippen molar-refractivity contribution in [2.75, 3.05) is 6.54 Å². The molecule has 5 aliphatic carbocycles. The fraction of sp³-hybridized carbons (Fsp3) is 0.800. The van der Waals surface area contributed by atoms with Crippen molar-refractivity contribution in [1.29, 1.82) is 0 Å². The summed E-state index contributed by atoms with van der Waals surface area (Å²) in [6, 6.07) is 0.0220. The summed E-state index contributed by atoms with van der Waals surface area (Å²) in [6.07, 6.45) is 7.01. The Morgan fingerprint density at radius 3 is 2.87 bits per heavy atom. The maximum atomic E-state index is 13.7. The molecule has 5 nitrogen and oxygen atoms in total. The van der Waals surface area contributed by atoms with E-state index in [1.165, 1.54) is 6.42 Å². The van der Waals surface area contributed by atoms with Gasteiger partial charge in [0, 0.05) is 34.2 Å². The Morgan fingerprint density at radius 2 is 2.13 bits per heavy atom. The van der Waals surface area contributed by atoms with Crippen LogP contribution in [-0.2, 0) is 9.53 Å².